The van der Waals surface area contributed by atoms with Crippen LogP contribution in [0.3, 0.4) is 0 Å². The molecule has 6 heteroatoms. The van der Waals surface area contributed by atoms with Crippen LogP contribution >= 0.6 is 11.3 Å². The van der Waals surface area contributed by atoms with Gasteiger partial charge < -0.3 is 5.11 Å². The summed E-state index contributed by atoms with van der Waals surface area (Å²) < 4.78 is 1.18. The fourth-order valence-electron chi connectivity index (χ4n) is 1.65. The fourth-order valence-corrected chi connectivity index (χ4v) is 2.42. The molecular weight excluding hydrogens is 240 g/mol. The smallest absolute Gasteiger partial charge is 0.331 e. The highest BCUT2D eigenvalue weighted by Gasteiger charge is 2.17. The lowest BCUT2D eigenvalue weighted by atomic mass is 10.2. The molecule has 0 bridgehead atoms. The molecule has 2 rings (SSSR count). The van der Waals surface area contributed by atoms with E-state index in [1.165, 1.54) is 22.8 Å². The molecule has 0 aliphatic heterocycles. The highest BCUT2D eigenvalue weighted by atomic mass is 32.1. The number of hydrogen-bond acceptors (Lipinski definition) is 4. The first-order valence-corrected chi connectivity index (χ1v) is 5.98. The minimum absolute atomic E-state index is 0.146. The zero-order valence-electron chi connectivity index (χ0n) is 9.43. The summed E-state index contributed by atoms with van der Waals surface area (Å²) in [6, 6.07) is 3.44. The molecule has 0 aliphatic carbocycles. The number of H-pyrrole nitrogens is 1. The second-order valence-electron chi connectivity index (χ2n) is 3.77. The number of aromatic amines is 1. The molecule has 0 saturated heterocycles. The standard InChI is InChI=1S/C11H12N2O3S/c1-6-9(14)12-11(16)13(10(6)15)7(2)8-4-3-5-17-8/h3-5,7,15H,1-2H3,(H,12,14,16). The van der Waals surface area contributed by atoms with Crippen molar-refractivity contribution < 1.29 is 5.11 Å². The second kappa shape index (κ2) is 4.21. The Morgan fingerprint density at radius 2 is 2.18 bits per heavy atom. The van der Waals surface area contributed by atoms with Gasteiger partial charge in [-0.15, -0.1) is 11.3 Å². The molecule has 0 radical (unpaired) electrons. The van der Waals surface area contributed by atoms with Gasteiger partial charge in [0.25, 0.3) is 5.56 Å². The van der Waals surface area contributed by atoms with Crippen LogP contribution < -0.4 is 11.2 Å². The van der Waals surface area contributed by atoms with Crippen LogP contribution in [-0.4, -0.2) is 14.7 Å². The summed E-state index contributed by atoms with van der Waals surface area (Å²) in [5.41, 5.74) is -1.01. The van der Waals surface area contributed by atoms with Gasteiger partial charge in [-0.25, -0.2) is 4.79 Å². The lowest BCUT2D eigenvalue weighted by Gasteiger charge is -2.15. The molecule has 1 unspecified atom stereocenters. The third-order valence-electron chi connectivity index (χ3n) is 2.69. The Bertz CT molecular complexity index is 640. The molecule has 0 spiro atoms. The highest BCUT2D eigenvalue weighted by molar-refractivity contribution is 7.10. The summed E-state index contributed by atoms with van der Waals surface area (Å²) in [5, 5.41) is 11.8. The van der Waals surface area contributed by atoms with E-state index in [4.69, 9.17) is 0 Å². The fraction of sp³-hybridized carbons (Fsp3) is 0.273. The largest absolute Gasteiger partial charge is 0.494 e. The van der Waals surface area contributed by atoms with E-state index in [1.54, 1.807) is 6.92 Å². The van der Waals surface area contributed by atoms with Crippen molar-refractivity contribution in [3.05, 3.63) is 48.8 Å². The Morgan fingerprint density at radius 3 is 2.76 bits per heavy atom. The molecule has 0 amide bonds. The van der Waals surface area contributed by atoms with Crippen molar-refractivity contribution in [3.63, 3.8) is 0 Å². The van der Waals surface area contributed by atoms with E-state index in [2.05, 4.69) is 4.98 Å². The van der Waals surface area contributed by atoms with Crippen LogP contribution in [0.1, 0.15) is 23.4 Å². The van der Waals surface area contributed by atoms with Gasteiger partial charge in [-0.2, -0.15) is 0 Å². The molecule has 2 aromatic rings. The van der Waals surface area contributed by atoms with E-state index in [0.29, 0.717) is 0 Å². The Morgan fingerprint density at radius 1 is 1.47 bits per heavy atom. The number of nitrogens with one attached hydrogen (secondary N) is 1. The lowest BCUT2D eigenvalue weighted by Crippen LogP contribution is -2.33. The Balaban J connectivity index is 2.65. The molecule has 0 aliphatic rings. The van der Waals surface area contributed by atoms with Gasteiger partial charge in [0.15, 0.2) is 0 Å². The van der Waals surface area contributed by atoms with E-state index in [1.807, 2.05) is 17.5 Å². The number of aromatic hydroxyl groups is 1. The maximum Gasteiger partial charge on any atom is 0.331 e. The van der Waals surface area contributed by atoms with Crippen molar-refractivity contribution >= 4 is 11.3 Å². The summed E-state index contributed by atoms with van der Waals surface area (Å²) in [5.74, 6) is -0.278. The molecule has 1 atom stereocenters. The molecule has 0 aromatic carbocycles. The van der Waals surface area contributed by atoms with Crippen LogP contribution in [0.5, 0.6) is 5.88 Å². The molecule has 2 heterocycles. The van der Waals surface area contributed by atoms with Crippen molar-refractivity contribution in [2.24, 2.45) is 0 Å². The second-order valence-corrected chi connectivity index (χ2v) is 4.75. The molecule has 17 heavy (non-hydrogen) atoms. The van der Waals surface area contributed by atoms with Gasteiger partial charge in [0.2, 0.25) is 5.88 Å². The maximum atomic E-state index is 11.7. The van der Waals surface area contributed by atoms with E-state index in [0.717, 1.165) is 4.88 Å². The zero-order valence-corrected chi connectivity index (χ0v) is 10.2. The van der Waals surface area contributed by atoms with Gasteiger partial charge in [-0.3, -0.25) is 14.3 Å². The first kappa shape index (κ1) is 11.7. The first-order valence-electron chi connectivity index (χ1n) is 5.10. The monoisotopic (exact) mass is 252 g/mol. The number of hydrogen-bond donors (Lipinski definition) is 2. The van der Waals surface area contributed by atoms with Gasteiger partial charge in [0, 0.05) is 4.88 Å². The van der Waals surface area contributed by atoms with E-state index >= 15 is 0 Å². The molecule has 0 saturated carbocycles. The summed E-state index contributed by atoms with van der Waals surface area (Å²) >= 11 is 1.49. The molecular formula is C11H12N2O3S. The first-order chi connectivity index (χ1) is 8.02. The summed E-state index contributed by atoms with van der Waals surface area (Å²) in [7, 11) is 0. The SMILES string of the molecule is Cc1c(O)n(C(C)c2cccs2)c(=O)[nH]c1=O. The van der Waals surface area contributed by atoms with Gasteiger partial charge in [0.1, 0.15) is 0 Å². The van der Waals surface area contributed by atoms with Gasteiger partial charge in [-0.1, -0.05) is 6.07 Å². The number of rotatable bonds is 2. The summed E-state index contributed by atoms with van der Waals surface area (Å²) in [4.78, 5) is 26.1. The Kier molecular flexibility index (Phi) is 2.89. The predicted molar refractivity (Wildman–Crippen MR) is 65.9 cm³/mol. The van der Waals surface area contributed by atoms with Crippen molar-refractivity contribution in [2.45, 2.75) is 19.9 Å². The lowest BCUT2D eigenvalue weighted by molar-refractivity contribution is 0.386. The summed E-state index contributed by atoms with van der Waals surface area (Å²) in [6.45, 7) is 3.27. The van der Waals surface area contributed by atoms with Crippen LogP contribution in [0.15, 0.2) is 27.1 Å². The van der Waals surface area contributed by atoms with E-state index in [-0.39, 0.29) is 17.5 Å². The molecule has 2 aromatic heterocycles. The van der Waals surface area contributed by atoms with Crippen LogP contribution in [0.25, 0.3) is 0 Å². The van der Waals surface area contributed by atoms with Crippen molar-refractivity contribution in [1.82, 2.24) is 9.55 Å². The number of thiophene rings is 1. The van der Waals surface area contributed by atoms with Crippen molar-refractivity contribution in [3.8, 4) is 5.88 Å². The zero-order chi connectivity index (χ0) is 12.6. The maximum absolute atomic E-state index is 11.7. The van der Waals surface area contributed by atoms with E-state index < -0.39 is 11.2 Å². The average Bonchev–Trinajstić information content (AvgIpc) is 2.79. The van der Waals surface area contributed by atoms with Crippen LogP contribution in [0, 0.1) is 6.92 Å². The predicted octanol–water partition coefficient (Wildman–Crippen LogP) is 1.22. The van der Waals surface area contributed by atoms with Crippen LogP contribution in [0.4, 0.5) is 0 Å². The molecule has 5 nitrogen and oxygen atoms in total. The van der Waals surface area contributed by atoms with Gasteiger partial charge in [0.05, 0.1) is 11.6 Å². The topological polar surface area (TPSA) is 75.1 Å². The molecule has 0 fully saturated rings. The van der Waals surface area contributed by atoms with E-state index in [9.17, 15) is 14.7 Å². The quantitative estimate of drug-likeness (QED) is 0.844. The van der Waals surface area contributed by atoms with Crippen LogP contribution in [0.2, 0.25) is 0 Å². The Labute approximate surface area is 101 Å². The van der Waals surface area contributed by atoms with Gasteiger partial charge >= 0.3 is 5.69 Å². The number of nitrogens with zero attached hydrogens (tertiary/aromatic N) is 1. The Hall–Kier alpha value is -1.82. The molecule has 2 N–H and O–H groups in total. The third kappa shape index (κ3) is 1.91. The third-order valence-corrected chi connectivity index (χ3v) is 3.73. The average molecular weight is 252 g/mol. The minimum atomic E-state index is -0.598. The minimum Gasteiger partial charge on any atom is -0.494 e. The summed E-state index contributed by atoms with van der Waals surface area (Å²) in [6.07, 6.45) is 0. The van der Waals surface area contributed by atoms with Gasteiger partial charge in [-0.05, 0) is 25.3 Å². The molecule has 90 valence electrons. The number of aromatic nitrogens is 2. The van der Waals surface area contributed by atoms with Crippen molar-refractivity contribution in [2.75, 3.05) is 0 Å². The highest BCUT2D eigenvalue weighted by Crippen LogP contribution is 2.24. The van der Waals surface area contributed by atoms with Crippen molar-refractivity contribution in [1.29, 1.82) is 0 Å². The van der Waals surface area contributed by atoms with Crippen LogP contribution in [-0.2, 0) is 0 Å². The normalized spacial score (nSPS) is 12.6.